The Hall–Kier alpha value is -1.10. The Morgan fingerprint density at radius 2 is 2.31 bits per heavy atom. The van der Waals surface area contributed by atoms with E-state index in [0.29, 0.717) is 0 Å². The highest BCUT2D eigenvalue weighted by atomic mass is 16.7. The van der Waals surface area contributed by atoms with Gasteiger partial charge in [0.15, 0.2) is 0 Å². The van der Waals surface area contributed by atoms with Gasteiger partial charge in [-0.2, -0.15) is 0 Å². The van der Waals surface area contributed by atoms with Gasteiger partial charge in [0.1, 0.15) is 6.04 Å². The Balaban J connectivity index is 2.27. The van der Waals surface area contributed by atoms with Crippen molar-refractivity contribution < 1.29 is 19.1 Å². The summed E-state index contributed by atoms with van der Waals surface area (Å²) >= 11 is 0. The number of nitrogens with one attached hydrogen (secondary N) is 1. The summed E-state index contributed by atoms with van der Waals surface area (Å²) in [5.41, 5.74) is 0. The van der Waals surface area contributed by atoms with E-state index in [0.717, 1.165) is 19.4 Å². The van der Waals surface area contributed by atoms with Crippen LogP contribution in [0.15, 0.2) is 0 Å². The number of rotatable bonds is 2. The topological polar surface area (TPSA) is 64.6 Å². The van der Waals surface area contributed by atoms with Crippen molar-refractivity contribution in [2.45, 2.75) is 25.8 Å². The molecule has 13 heavy (non-hydrogen) atoms. The summed E-state index contributed by atoms with van der Waals surface area (Å²) < 4.78 is 8.87. The van der Waals surface area contributed by atoms with Crippen LogP contribution in [0.25, 0.3) is 0 Å². The Morgan fingerprint density at radius 1 is 1.54 bits per heavy atom. The van der Waals surface area contributed by atoms with E-state index in [1.165, 1.54) is 0 Å². The molecule has 0 spiro atoms. The van der Waals surface area contributed by atoms with Gasteiger partial charge in [0.05, 0.1) is 6.61 Å². The molecule has 1 saturated heterocycles. The van der Waals surface area contributed by atoms with Gasteiger partial charge in [-0.1, -0.05) is 0 Å². The van der Waals surface area contributed by atoms with Crippen LogP contribution in [0, 0.1) is 0 Å². The summed E-state index contributed by atoms with van der Waals surface area (Å²) in [6, 6.07) is -0.343. The zero-order chi connectivity index (χ0) is 9.68. The van der Waals surface area contributed by atoms with Crippen molar-refractivity contribution in [3.05, 3.63) is 0 Å². The van der Waals surface area contributed by atoms with Gasteiger partial charge in [0.2, 0.25) is 0 Å². The van der Waals surface area contributed by atoms with Gasteiger partial charge in [-0.3, -0.25) is 0 Å². The molecule has 5 heteroatoms. The van der Waals surface area contributed by atoms with Gasteiger partial charge in [-0.05, 0) is 26.3 Å². The standard InChI is InChI=1S/C8H13NO4/c1-2-12-8(11)13-7(10)6-4-3-5-9-6/h6,9H,2-5H2,1H3. The van der Waals surface area contributed by atoms with Crippen molar-refractivity contribution in [1.29, 1.82) is 0 Å². The lowest BCUT2D eigenvalue weighted by molar-refractivity contribution is -0.141. The highest BCUT2D eigenvalue weighted by molar-refractivity contribution is 5.85. The van der Waals surface area contributed by atoms with Crippen molar-refractivity contribution in [1.82, 2.24) is 5.32 Å². The predicted octanol–water partition coefficient (Wildman–Crippen LogP) is 0.438. The minimum absolute atomic E-state index is 0.213. The molecule has 0 radical (unpaired) electrons. The van der Waals surface area contributed by atoms with E-state index < -0.39 is 12.1 Å². The van der Waals surface area contributed by atoms with Gasteiger partial charge in [0.25, 0.3) is 0 Å². The fourth-order valence-electron chi connectivity index (χ4n) is 1.19. The van der Waals surface area contributed by atoms with E-state index in [2.05, 4.69) is 14.8 Å². The first kappa shape index (κ1) is 9.98. The fourth-order valence-corrected chi connectivity index (χ4v) is 1.19. The quantitative estimate of drug-likeness (QED) is 0.502. The molecule has 1 aliphatic rings. The molecule has 5 nitrogen and oxygen atoms in total. The first-order chi connectivity index (χ1) is 6.24. The van der Waals surface area contributed by atoms with Crippen LogP contribution in [-0.2, 0) is 14.3 Å². The molecular formula is C8H13NO4. The second kappa shape index (κ2) is 4.81. The number of carbonyl (C=O) groups excluding carboxylic acids is 2. The van der Waals surface area contributed by atoms with Crippen molar-refractivity contribution in [3.63, 3.8) is 0 Å². The van der Waals surface area contributed by atoms with Crippen LogP contribution >= 0.6 is 0 Å². The molecule has 1 N–H and O–H groups in total. The molecule has 1 rings (SSSR count). The molecule has 74 valence electrons. The lowest BCUT2D eigenvalue weighted by Crippen LogP contribution is -2.33. The molecule has 0 aromatic carbocycles. The molecule has 1 unspecified atom stereocenters. The molecule has 1 aliphatic heterocycles. The third-order valence-corrected chi connectivity index (χ3v) is 1.79. The van der Waals surface area contributed by atoms with E-state index in [4.69, 9.17) is 0 Å². The molecule has 0 aromatic heterocycles. The number of esters is 1. The van der Waals surface area contributed by atoms with Crippen LogP contribution in [0.3, 0.4) is 0 Å². The maximum Gasteiger partial charge on any atom is 0.516 e. The second-order valence-electron chi connectivity index (χ2n) is 2.75. The van der Waals surface area contributed by atoms with Crippen LogP contribution < -0.4 is 5.32 Å². The predicted molar refractivity (Wildman–Crippen MR) is 44.1 cm³/mol. The average molecular weight is 187 g/mol. The van der Waals surface area contributed by atoms with Gasteiger partial charge in [-0.15, -0.1) is 0 Å². The molecule has 0 amide bonds. The van der Waals surface area contributed by atoms with Crippen molar-refractivity contribution in [2.75, 3.05) is 13.2 Å². The van der Waals surface area contributed by atoms with Gasteiger partial charge < -0.3 is 14.8 Å². The molecule has 0 bridgehead atoms. The number of ether oxygens (including phenoxy) is 2. The lowest BCUT2D eigenvalue weighted by atomic mass is 10.2. The maximum absolute atomic E-state index is 11.1. The van der Waals surface area contributed by atoms with Crippen LogP contribution in [-0.4, -0.2) is 31.3 Å². The zero-order valence-electron chi connectivity index (χ0n) is 7.54. The smallest absolute Gasteiger partial charge is 0.434 e. The first-order valence-electron chi connectivity index (χ1n) is 4.36. The summed E-state index contributed by atoms with van der Waals surface area (Å²) in [6.07, 6.45) is 0.738. The summed E-state index contributed by atoms with van der Waals surface area (Å²) in [4.78, 5) is 21.9. The fraction of sp³-hybridized carbons (Fsp3) is 0.750. The number of hydrogen-bond donors (Lipinski definition) is 1. The zero-order valence-corrected chi connectivity index (χ0v) is 7.54. The second-order valence-corrected chi connectivity index (χ2v) is 2.75. The summed E-state index contributed by atoms with van der Waals surface area (Å²) in [7, 11) is 0. The van der Waals surface area contributed by atoms with Gasteiger partial charge in [0, 0.05) is 0 Å². The molecule has 1 heterocycles. The van der Waals surface area contributed by atoms with Crippen LogP contribution in [0.2, 0.25) is 0 Å². The Bertz CT molecular complexity index is 198. The number of hydrogen-bond acceptors (Lipinski definition) is 5. The lowest BCUT2D eigenvalue weighted by Gasteiger charge is -2.07. The Morgan fingerprint density at radius 3 is 2.85 bits per heavy atom. The molecule has 1 fully saturated rings. The molecule has 0 aromatic rings. The molecule has 0 saturated carbocycles. The van der Waals surface area contributed by atoms with Crippen LogP contribution in [0.1, 0.15) is 19.8 Å². The minimum atomic E-state index is -0.916. The maximum atomic E-state index is 11.1. The highest BCUT2D eigenvalue weighted by Crippen LogP contribution is 2.06. The molecule has 0 aliphatic carbocycles. The first-order valence-corrected chi connectivity index (χ1v) is 4.36. The van der Waals surface area contributed by atoms with E-state index >= 15 is 0 Å². The SMILES string of the molecule is CCOC(=O)OC(=O)C1CCCN1. The minimum Gasteiger partial charge on any atom is -0.434 e. The number of carbonyl (C=O) groups is 2. The largest absolute Gasteiger partial charge is 0.516 e. The van der Waals surface area contributed by atoms with E-state index in [1.807, 2.05) is 0 Å². The Kier molecular flexibility index (Phi) is 3.70. The summed E-state index contributed by atoms with van der Waals surface area (Å²) in [6.45, 7) is 2.66. The van der Waals surface area contributed by atoms with Crippen molar-refractivity contribution in [2.24, 2.45) is 0 Å². The third-order valence-electron chi connectivity index (χ3n) is 1.79. The molecular weight excluding hydrogens is 174 g/mol. The van der Waals surface area contributed by atoms with Crippen molar-refractivity contribution >= 4 is 12.1 Å². The van der Waals surface area contributed by atoms with Crippen LogP contribution in [0.5, 0.6) is 0 Å². The van der Waals surface area contributed by atoms with Gasteiger partial charge in [-0.25, -0.2) is 9.59 Å². The van der Waals surface area contributed by atoms with E-state index in [-0.39, 0.29) is 12.6 Å². The van der Waals surface area contributed by atoms with E-state index in [9.17, 15) is 9.59 Å². The van der Waals surface area contributed by atoms with E-state index in [1.54, 1.807) is 6.92 Å². The Labute approximate surface area is 76.4 Å². The van der Waals surface area contributed by atoms with Crippen molar-refractivity contribution in [3.8, 4) is 0 Å². The van der Waals surface area contributed by atoms with Gasteiger partial charge >= 0.3 is 12.1 Å². The van der Waals surface area contributed by atoms with Crippen LogP contribution in [0.4, 0.5) is 4.79 Å². The average Bonchev–Trinajstić information content (AvgIpc) is 2.55. The highest BCUT2D eigenvalue weighted by Gasteiger charge is 2.25. The summed E-state index contributed by atoms with van der Waals surface area (Å²) in [5, 5.41) is 2.92. The summed E-state index contributed by atoms with van der Waals surface area (Å²) in [5.74, 6) is -0.545. The monoisotopic (exact) mass is 187 g/mol. The third kappa shape index (κ3) is 3.02. The molecule has 1 atom stereocenters. The normalized spacial score (nSPS) is 21.2.